The lowest BCUT2D eigenvalue weighted by Gasteiger charge is -2.07. The Morgan fingerprint density at radius 2 is 2.05 bits per heavy atom. The van der Waals surface area contributed by atoms with Crippen molar-refractivity contribution in [2.45, 2.75) is 0 Å². The number of hydrogen-bond donors (Lipinski definition) is 2. The Morgan fingerprint density at radius 1 is 1.29 bits per heavy atom. The maximum Gasteiger partial charge on any atom is 0.338 e. The van der Waals surface area contributed by atoms with E-state index >= 15 is 0 Å². The summed E-state index contributed by atoms with van der Waals surface area (Å²) < 4.78 is 10.3. The number of ether oxygens (including phenoxy) is 2. The normalized spacial score (nSPS) is 9.81. The van der Waals surface area contributed by atoms with Gasteiger partial charge in [-0.25, -0.2) is 9.59 Å². The molecule has 2 N–H and O–H groups in total. The molecule has 114 valence electrons. The second kappa shape index (κ2) is 9.09. The molecule has 8 heteroatoms. The molecule has 0 unspecified atom stereocenters. The summed E-state index contributed by atoms with van der Waals surface area (Å²) in [6, 6.07) is 5.88. The summed E-state index contributed by atoms with van der Waals surface area (Å²) in [5.74, 6) is -1.36. The third-order valence-electron chi connectivity index (χ3n) is 2.24. The van der Waals surface area contributed by atoms with Gasteiger partial charge in [0, 0.05) is 18.1 Å². The summed E-state index contributed by atoms with van der Waals surface area (Å²) in [5, 5.41) is 4.42. The predicted octanol–water partition coefficient (Wildman–Crippen LogP) is 1.08. The lowest BCUT2D eigenvalue weighted by Crippen LogP contribution is -2.42. The summed E-state index contributed by atoms with van der Waals surface area (Å²) in [4.78, 5) is 34.3. The number of methoxy groups -OCH3 is 1. The topological polar surface area (TPSA) is 93.7 Å². The Bertz CT molecular complexity index is 521. The number of halogens is 1. The highest BCUT2D eigenvalue weighted by Crippen LogP contribution is 2.12. The van der Waals surface area contributed by atoms with Crippen molar-refractivity contribution < 1.29 is 23.9 Å². The van der Waals surface area contributed by atoms with Gasteiger partial charge in [-0.15, -0.1) is 0 Å². The van der Waals surface area contributed by atoms with Gasteiger partial charge in [-0.2, -0.15) is 0 Å². The van der Waals surface area contributed by atoms with Crippen molar-refractivity contribution in [2.24, 2.45) is 0 Å². The molecular formula is C13H15BrN2O5. The van der Waals surface area contributed by atoms with Crippen LogP contribution in [0.15, 0.2) is 28.7 Å². The Hall–Kier alpha value is -1.93. The average Bonchev–Trinajstić information content (AvgIpc) is 2.45. The van der Waals surface area contributed by atoms with Crippen LogP contribution in [0.25, 0.3) is 0 Å². The quantitative estimate of drug-likeness (QED) is 0.586. The van der Waals surface area contributed by atoms with Crippen LogP contribution in [-0.2, 0) is 14.3 Å². The summed E-state index contributed by atoms with van der Waals surface area (Å²) in [6.45, 7) is 0.0654. The van der Waals surface area contributed by atoms with Gasteiger partial charge in [0.05, 0.1) is 12.2 Å². The van der Waals surface area contributed by atoms with Gasteiger partial charge in [-0.05, 0) is 18.2 Å². The van der Waals surface area contributed by atoms with E-state index in [-0.39, 0.29) is 6.54 Å². The maximum absolute atomic E-state index is 11.7. The van der Waals surface area contributed by atoms with Crippen LogP contribution in [0.1, 0.15) is 10.4 Å². The van der Waals surface area contributed by atoms with Gasteiger partial charge in [-0.3, -0.25) is 10.1 Å². The number of hydrogen-bond acceptors (Lipinski definition) is 5. The van der Waals surface area contributed by atoms with Crippen LogP contribution in [0.4, 0.5) is 4.79 Å². The average molecular weight is 359 g/mol. The number of urea groups is 1. The minimum atomic E-state index is -0.715. The SMILES string of the molecule is COCCNC(=O)NC(=O)COC(=O)c1cccc(Br)c1. The molecule has 0 saturated heterocycles. The molecule has 1 aromatic carbocycles. The number of benzene rings is 1. The first kappa shape index (κ1) is 17.1. The zero-order valence-electron chi connectivity index (χ0n) is 11.3. The Morgan fingerprint density at radius 3 is 2.71 bits per heavy atom. The van der Waals surface area contributed by atoms with Gasteiger partial charge < -0.3 is 14.8 Å². The van der Waals surface area contributed by atoms with Crippen LogP contribution in [0.3, 0.4) is 0 Å². The van der Waals surface area contributed by atoms with E-state index in [2.05, 4.69) is 21.2 Å². The highest BCUT2D eigenvalue weighted by atomic mass is 79.9. The maximum atomic E-state index is 11.7. The van der Waals surface area contributed by atoms with Gasteiger partial charge in [0.25, 0.3) is 5.91 Å². The third kappa shape index (κ3) is 6.87. The van der Waals surface area contributed by atoms with Crippen molar-refractivity contribution >= 4 is 33.8 Å². The van der Waals surface area contributed by atoms with Crippen LogP contribution in [0.5, 0.6) is 0 Å². The number of nitrogens with one attached hydrogen (secondary N) is 2. The first-order valence-electron chi connectivity index (χ1n) is 6.02. The van der Waals surface area contributed by atoms with Crippen molar-refractivity contribution in [1.82, 2.24) is 10.6 Å². The number of carbonyl (C=O) groups excluding carboxylic acids is 3. The lowest BCUT2D eigenvalue weighted by atomic mass is 10.2. The Labute approximate surface area is 130 Å². The largest absolute Gasteiger partial charge is 0.452 e. The molecule has 21 heavy (non-hydrogen) atoms. The number of amides is 3. The fourth-order valence-corrected chi connectivity index (χ4v) is 1.70. The van der Waals surface area contributed by atoms with E-state index in [0.717, 1.165) is 4.47 Å². The lowest BCUT2D eigenvalue weighted by molar-refractivity contribution is -0.123. The van der Waals surface area contributed by atoms with Gasteiger partial charge in [0.15, 0.2) is 6.61 Å². The summed E-state index contributed by atoms with van der Waals surface area (Å²) in [5.41, 5.74) is 0.307. The molecule has 0 fully saturated rings. The molecule has 1 aromatic rings. The molecule has 0 aromatic heterocycles. The Balaban J connectivity index is 2.32. The van der Waals surface area contributed by atoms with Crippen LogP contribution in [0.2, 0.25) is 0 Å². The fraction of sp³-hybridized carbons (Fsp3) is 0.308. The van der Waals surface area contributed by atoms with E-state index in [1.807, 2.05) is 5.32 Å². The molecule has 0 saturated carbocycles. The smallest absolute Gasteiger partial charge is 0.338 e. The second-order valence-corrected chi connectivity index (χ2v) is 4.80. The number of esters is 1. The summed E-state index contributed by atoms with van der Waals surface area (Å²) in [6.07, 6.45) is 0. The molecule has 1 rings (SSSR count). The van der Waals surface area contributed by atoms with Crippen molar-refractivity contribution in [3.8, 4) is 0 Å². The molecular weight excluding hydrogens is 344 g/mol. The van der Waals surface area contributed by atoms with Crippen LogP contribution in [0, 0.1) is 0 Å². The molecule has 3 amide bonds. The molecule has 0 heterocycles. The predicted molar refractivity (Wildman–Crippen MR) is 77.8 cm³/mol. The zero-order chi connectivity index (χ0) is 15.7. The second-order valence-electron chi connectivity index (χ2n) is 3.88. The monoisotopic (exact) mass is 358 g/mol. The van der Waals surface area contributed by atoms with E-state index < -0.39 is 24.5 Å². The molecule has 0 aliphatic carbocycles. The molecule has 0 aliphatic rings. The minimum Gasteiger partial charge on any atom is -0.452 e. The number of carbonyl (C=O) groups is 3. The van der Waals surface area contributed by atoms with Gasteiger partial charge >= 0.3 is 12.0 Å². The first-order chi connectivity index (χ1) is 10.0. The van der Waals surface area contributed by atoms with E-state index in [0.29, 0.717) is 12.2 Å². The highest BCUT2D eigenvalue weighted by molar-refractivity contribution is 9.10. The van der Waals surface area contributed by atoms with Crippen molar-refractivity contribution in [2.75, 3.05) is 26.9 Å². The van der Waals surface area contributed by atoms with Gasteiger partial charge in [0.1, 0.15) is 0 Å². The summed E-state index contributed by atoms with van der Waals surface area (Å²) in [7, 11) is 1.49. The third-order valence-corrected chi connectivity index (χ3v) is 2.73. The molecule has 0 aliphatic heterocycles. The first-order valence-corrected chi connectivity index (χ1v) is 6.81. The highest BCUT2D eigenvalue weighted by Gasteiger charge is 2.12. The summed E-state index contributed by atoms with van der Waals surface area (Å²) >= 11 is 3.22. The van der Waals surface area contributed by atoms with Crippen LogP contribution < -0.4 is 10.6 Å². The van der Waals surface area contributed by atoms with E-state index in [9.17, 15) is 14.4 Å². The number of rotatable bonds is 6. The molecule has 0 bridgehead atoms. The fourth-order valence-electron chi connectivity index (χ4n) is 1.30. The van der Waals surface area contributed by atoms with Crippen molar-refractivity contribution in [1.29, 1.82) is 0 Å². The molecule has 0 spiro atoms. The molecule has 0 radical (unpaired) electrons. The molecule has 0 atom stereocenters. The van der Waals surface area contributed by atoms with Gasteiger partial charge in [-0.1, -0.05) is 22.0 Å². The van der Waals surface area contributed by atoms with Crippen molar-refractivity contribution in [3.05, 3.63) is 34.3 Å². The standard InChI is InChI=1S/C13H15BrN2O5/c1-20-6-5-15-13(19)16-11(17)8-21-12(18)9-3-2-4-10(14)7-9/h2-4,7H,5-6,8H2,1H3,(H2,15,16,17,19). The number of imide groups is 1. The van der Waals surface area contributed by atoms with E-state index in [1.54, 1.807) is 24.3 Å². The van der Waals surface area contributed by atoms with E-state index in [1.165, 1.54) is 7.11 Å². The minimum absolute atomic E-state index is 0.271. The van der Waals surface area contributed by atoms with Crippen LogP contribution >= 0.6 is 15.9 Å². The van der Waals surface area contributed by atoms with Crippen LogP contribution in [-0.4, -0.2) is 44.8 Å². The zero-order valence-corrected chi connectivity index (χ0v) is 12.9. The molecule has 7 nitrogen and oxygen atoms in total. The van der Waals surface area contributed by atoms with Gasteiger partial charge in [0.2, 0.25) is 0 Å². The van der Waals surface area contributed by atoms with Crippen molar-refractivity contribution in [3.63, 3.8) is 0 Å². The van der Waals surface area contributed by atoms with E-state index in [4.69, 9.17) is 9.47 Å². The Kier molecular flexibility index (Phi) is 7.41.